The first kappa shape index (κ1) is 14.3. The van der Waals surface area contributed by atoms with Crippen molar-refractivity contribution in [3.63, 3.8) is 0 Å². The molecule has 0 atom stereocenters. The SMILES string of the molecule is CC(=O)SCCC=Cc1cc(N)cc(C(=O)O)c1. The van der Waals surface area contributed by atoms with Gasteiger partial charge in [-0.3, -0.25) is 4.79 Å². The number of aromatic carboxylic acids is 1. The normalized spacial score (nSPS) is 10.7. The van der Waals surface area contributed by atoms with Crippen molar-refractivity contribution < 1.29 is 14.7 Å². The van der Waals surface area contributed by atoms with Gasteiger partial charge in [0.25, 0.3) is 0 Å². The van der Waals surface area contributed by atoms with Crippen molar-refractivity contribution in [1.29, 1.82) is 0 Å². The number of allylic oxidation sites excluding steroid dienone is 1. The van der Waals surface area contributed by atoms with Crippen molar-refractivity contribution in [2.75, 3.05) is 11.5 Å². The zero-order valence-corrected chi connectivity index (χ0v) is 10.9. The van der Waals surface area contributed by atoms with Gasteiger partial charge in [-0.25, -0.2) is 4.79 Å². The first-order chi connectivity index (χ1) is 8.49. The smallest absolute Gasteiger partial charge is 0.335 e. The molecule has 0 bridgehead atoms. The summed E-state index contributed by atoms with van der Waals surface area (Å²) in [4.78, 5) is 21.5. The number of carboxylic acid groups (broad SMARTS) is 1. The predicted octanol–water partition coefficient (Wildman–Crippen LogP) is 2.65. The average Bonchev–Trinajstić information content (AvgIpc) is 2.27. The lowest BCUT2D eigenvalue weighted by molar-refractivity contribution is -0.109. The third-order valence-corrected chi connectivity index (χ3v) is 2.97. The molecule has 0 aliphatic heterocycles. The lowest BCUT2D eigenvalue weighted by Crippen LogP contribution is -1.98. The van der Waals surface area contributed by atoms with Gasteiger partial charge < -0.3 is 10.8 Å². The van der Waals surface area contributed by atoms with E-state index in [0.717, 1.165) is 17.7 Å². The number of carbonyl (C=O) groups is 2. The number of thioether (sulfide) groups is 1. The summed E-state index contributed by atoms with van der Waals surface area (Å²) in [6.45, 7) is 1.53. The van der Waals surface area contributed by atoms with Crippen LogP contribution in [0.1, 0.15) is 29.3 Å². The van der Waals surface area contributed by atoms with Gasteiger partial charge in [-0.05, 0) is 30.2 Å². The summed E-state index contributed by atoms with van der Waals surface area (Å²) >= 11 is 1.27. The predicted molar refractivity (Wildman–Crippen MR) is 74.6 cm³/mol. The molecule has 5 heteroatoms. The zero-order valence-electron chi connectivity index (χ0n) is 10.1. The Morgan fingerprint density at radius 2 is 2.11 bits per heavy atom. The van der Waals surface area contributed by atoms with Crippen LogP contribution in [0, 0.1) is 0 Å². The summed E-state index contributed by atoms with van der Waals surface area (Å²) in [5.41, 5.74) is 6.97. The van der Waals surface area contributed by atoms with Gasteiger partial charge in [0.2, 0.25) is 0 Å². The average molecular weight is 265 g/mol. The molecule has 18 heavy (non-hydrogen) atoms. The van der Waals surface area contributed by atoms with Crippen molar-refractivity contribution in [3.05, 3.63) is 35.4 Å². The van der Waals surface area contributed by atoms with Crippen LogP contribution in [-0.2, 0) is 4.79 Å². The summed E-state index contributed by atoms with van der Waals surface area (Å²) < 4.78 is 0. The highest BCUT2D eigenvalue weighted by molar-refractivity contribution is 8.13. The summed E-state index contributed by atoms with van der Waals surface area (Å²) in [6, 6.07) is 4.69. The molecule has 0 aliphatic carbocycles. The number of carbonyl (C=O) groups excluding carboxylic acids is 1. The second-order valence-corrected chi connectivity index (χ2v) is 5.00. The molecule has 0 spiro atoms. The van der Waals surface area contributed by atoms with Crippen molar-refractivity contribution in [3.8, 4) is 0 Å². The first-order valence-corrected chi connectivity index (χ1v) is 6.41. The molecule has 1 aromatic carbocycles. The molecule has 3 N–H and O–H groups in total. The third-order valence-electron chi connectivity index (χ3n) is 2.12. The molecule has 1 rings (SSSR count). The molecular weight excluding hydrogens is 250 g/mol. The Bertz CT molecular complexity index is 483. The molecule has 0 unspecified atom stereocenters. The fraction of sp³-hybridized carbons (Fsp3) is 0.231. The number of hydrogen-bond donors (Lipinski definition) is 2. The first-order valence-electron chi connectivity index (χ1n) is 5.43. The van der Waals surface area contributed by atoms with Gasteiger partial charge in [0, 0.05) is 18.4 Å². The van der Waals surface area contributed by atoms with Gasteiger partial charge in [-0.2, -0.15) is 0 Å². The summed E-state index contributed by atoms with van der Waals surface area (Å²) in [6.07, 6.45) is 4.46. The maximum atomic E-state index is 10.8. The van der Waals surface area contributed by atoms with Crippen molar-refractivity contribution in [2.45, 2.75) is 13.3 Å². The quantitative estimate of drug-likeness (QED) is 0.632. The lowest BCUT2D eigenvalue weighted by Gasteiger charge is -2.00. The van der Waals surface area contributed by atoms with Crippen molar-refractivity contribution in [2.24, 2.45) is 0 Å². The summed E-state index contributed by atoms with van der Waals surface area (Å²) in [5, 5.41) is 8.98. The Balaban J connectivity index is 2.64. The van der Waals surface area contributed by atoms with Crippen LogP contribution in [0.25, 0.3) is 6.08 Å². The monoisotopic (exact) mass is 265 g/mol. The van der Waals surface area contributed by atoms with Gasteiger partial charge in [-0.15, -0.1) is 0 Å². The van der Waals surface area contributed by atoms with E-state index in [-0.39, 0.29) is 10.7 Å². The maximum Gasteiger partial charge on any atom is 0.335 e. The molecule has 0 aliphatic rings. The van der Waals surface area contributed by atoms with Gasteiger partial charge in [0.05, 0.1) is 5.56 Å². The second-order valence-electron chi connectivity index (χ2n) is 3.72. The number of carboxylic acids is 1. The third kappa shape index (κ3) is 5.05. The molecule has 0 aromatic heterocycles. The van der Waals surface area contributed by atoms with E-state index >= 15 is 0 Å². The zero-order chi connectivity index (χ0) is 13.5. The Morgan fingerprint density at radius 1 is 1.39 bits per heavy atom. The minimum absolute atomic E-state index is 0.0977. The number of nitrogen functional groups attached to an aromatic ring is 1. The van der Waals surface area contributed by atoms with Crippen LogP contribution in [0.15, 0.2) is 24.3 Å². The molecule has 96 valence electrons. The number of hydrogen-bond acceptors (Lipinski definition) is 4. The highest BCUT2D eigenvalue weighted by atomic mass is 32.2. The van der Waals surface area contributed by atoms with Crippen LogP contribution in [-0.4, -0.2) is 21.9 Å². The lowest BCUT2D eigenvalue weighted by atomic mass is 10.1. The Hall–Kier alpha value is -1.75. The number of benzene rings is 1. The number of nitrogens with two attached hydrogens (primary N) is 1. The van der Waals surface area contributed by atoms with Gasteiger partial charge in [-0.1, -0.05) is 23.9 Å². The molecular formula is C13H15NO3S. The molecule has 0 heterocycles. The van der Waals surface area contributed by atoms with Crippen molar-refractivity contribution in [1.82, 2.24) is 0 Å². The second kappa shape index (κ2) is 6.86. The molecule has 4 nitrogen and oxygen atoms in total. The van der Waals surface area contributed by atoms with Crippen LogP contribution in [0.3, 0.4) is 0 Å². The van der Waals surface area contributed by atoms with E-state index in [9.17, 15) is 9.59 Å². The van der Waals surface area contributed by atoms with Crippen LogP contribution < -0.4 is 5.73 Å². The Morgan fingerprint density at radius 3 is 2.72 bits per heavy atom. The van der Waals surface area contributed by atoms with Crippen molar-refractivity contribution >= 4 is 34.6 Å². The fourth-order valence-corrected chi connectivity index (χ4v) is 1.93. The topological polar surface area (TPSA) is 80.4 Å². The van der Waals surface area contributed by atoms with E-state index in [1.165, 1.54) is 24.8 Å². The molecule has 0 saturated carbocycles. The van der Waals surface area contributed by atoms with Crippen LogP contribution in [0.2, 0.25) is 0 Å². The van der Waals surface area contributed by atoms with Crippen LogP contribution in [0.5, 0.6) is 0 Å². The number of anilines is 1. The minimum atomic E-state index is -0.996. The fourth-order valence-electron chi connectivity index (χ4n) is 1.39. The van der Waals surface area contributed by atoms with E-state index in [1.807, 2.05) is 12.2 Å². The van der Waals surface area contributed by atoms with Gasteiger partial charge in [0.1, 0.15) is 0 Å². The van der Waals surface area contributed by atoms with Crippen LogP contribution >= 0.6 is 11.8 Å². The standard InChI is InChI=1S/C13H15NO3S/c1-9(15)18-5-3-2-4-10-6-11(13(16)17)8-12(14)7-10/h2,4,6-8H,3,5,14H2,1H3,(H,16,17). The van der Waals surface area contributed by atoms with E-state index < -0.39 is 5.97 Å². The Labute approximate surface area is 110 Å². The molecule has 0 radical (unpaired) electrons. The van der Waals surface area contributed by atoms with E-state index in [4.69, 9.17) is 10.8 Å². The highest BCUT2D eigenvalue weighted by Gasteiger charge is 2.04. The van der Waals surface area contributed by atoms with Gasteiger partial charge >= 0.3 is 5.97 Å². The molecule has 1 aromatic rings. The van der Waals surface area contributed by atoms with Crippen LogP contribution in [0.4, 0.5) is 5.69 Å². The summed E-state index contributed by atoms with van der Waals surface area (Å²) in [7, 11) is 0. The molecule has 0 saturated heterocycles. The van der Waals surface area contributed by atoms with E-state index in [2.05, 4.69) is 0 Å². The van der Waals surface area contributed by atoms with E-state index in [1.54, 1.807) is 12.1 Å². The van der Waals surface area contributed by atoms with E-state index in [0.29, 0.717) is 5.69 Å². The minimum Gasteiger partial charge on any atom is -0.478 e. The maximum absolute atomic E-state index is 10.8. The molecule has 0 amide bonds. The number of rotatable bonds is 5. The summed E-state index contributed by atoms with van der Waals surface area (Å²) in [5.74, 6) is -0.274. The highest BCUT2D eigenvalue weighted by Crippen LogP contribution is 2.14. The van der Waals surface area contributed by atoms with Gasteiger partial charge in [0.15, 0.2) is 5.12 Å². The molecule has 0 fully saturated rings. The largest absolute Gasteiger partial charge is 0.478 e. The Kier molecular flexibility index (Phi) is 5.45.